The molecule has 9 nitrogen and oxygen atoms in total. The van der Waals surface area contributed by atoms with Crippen LogP contribution in [0.15, 0.2) is 12.3 Å². The highest BCUT2D eigenvalue weighted by Crippen LogP contribution is 2.41. The molecule has 1 saturated carbocycles. The van der Waals surface area contributed by atoms with Crippen LogP contribution in [0.5, 0.6) is 5.75 Å². The molecule has 1 fully saturated rings. The normalized spacial score (nSPS) is 18.4. The fourth-order valence-corrected chi connectivity index (χ4v) is 5.91. The molecule has 2 heterocycles. The summed E-state index contributed by atoms with van der Waals surface area (Å²) >= 11 is 0. The second-order valence-corrected chi connectivity index (χ2v) is 13.0. The third kappa shape index (κ3) is 6.72. The molecule has 0 atom stereocenters. The van der Waals surface area contributed by atoms with Gasteiger partial charge >= 0.3 is 6.18 Å². The highest BCUT2D eigenvalue weighted by Gasteiger charge is 2.47. The lowest BCUT2D eigenvalue weighted by Gasteiger charge is -2.27. The Balaban J connectivity index is 1.85. The zero-order valence-electron chi connectivity index (χ0n) is 22.7. The van der Waals surface area contributed by atoms with Crippen LogP contribution < -0.4 is 10.1 Å². The summed E-state index contributed by atoms with van der Waals surface area (Å²) in [5.74, 6) is 0.210. The number of carbonyl (C=O) groups is 1. The van der Waals surface area contributed by atoms with Crippen LogP contribution in [0, 0.1) is 22.7 Å². The number of sulfone groups is 1. The number of carbonyl (C=O) groups excluding carboxylic acids is 1. The highest BCUT2D eigenvalue weighted by atomic mass is 32.2. The van der Waals surface area contributed by atoms with E-state index in [1.54, 1.807) is 6.92 Å². The van der Waals surface area contributed by atoms with Crippen LogP contribution in [0.2, 0.25) is 0 Å². The van der Waals surface area contributed by atoms with Crippen molar-refractivity contribution < 1.29 is 31.1 Å². The number of alkyl halides is 3. The third-order valence-corrected chi connectivity index (χ3v) is 8.95. The molecule has 1 amide bonds. The van der Waals surface area contributed by atoms with Gasteiger partial charge in [0.2, 0.25) is 0 Å². The number of halogens is 3. The van der Waals surface area contributed by atoms with E-state index in [0.29, 0.717) is 50.0 Å². The molecule has 0 spiro atoms. The van der Waals surface area contributed by atoms with Gasteiger partial charge in [0.1, 0.15) is 21.7 Å². The number of nitrogens with one attached hydrogen (secondary N) is 1. The van der Waals surface area contributed by atoms with E-state index in [1.807, 2.05) is 6.07 Å². The van der Waals surface area contributed by atoms with E-state index < -0.39 is 27.3 Å². The van der Waals surface area contributed by atoms with Gasteiger partial charge in [0.05, 0.1) is 17.8 Å². The van der Waals surface area contributed by atoms with E-state index >= 15 is 0 Å². The van der Waals surface area contributed by atoms with E-state index in [2.05, 4.69) is 15.3 Å². The largest absolute Gasteiger partial charge is 0.493 e. The molecule has 0 aliphatic heterocycles. The maximum absolute atomic E-state index is 13.4. The predicted octanol–water partition coefficient (Wildman–Crippen LogP) is 4.17. The molecule has 0 bridgehead atoms. The van der Waals surface area contributed by atoms with Crippen LogP contribution in [0.4, 0.5) is 13.2 Å². The van der Waals surface area contributed by atoms with Crippen LogP contribution in [-0.4, -0.2) is 60.2 Å². The number of methoxy groups -OCH3 is 1. The number of pyridine rings is 1. The van der Waals surface area contributed by atoms with Gasteiger partial charge in [-0.15, -0.1) is 0 Å². The van der Waals surface area contributed by atoms with E-state index in [4.69, 9.17) is 4.74 Å². The minimum Gasteiger partial charge on any atom is -0.493 e. The Morgan fingerprint density at radius 1 is 1.26 bits per heavy atom. The fraction of sp³-hybridized carbons (Fsp3) is 0.615. The van der Waals surface area contributed by atoms with E-state index in [0.717, 1.165) is 13.8 Å². The van der Waals surface area contributed by atoms with Crippen LogP contribution in [0.3, 0.4) is 0 Å². The van der Waals surface area contributed by atoms with Crippen molar-refractivity contribution in [3.8, 4) is 17.6 Å². The Labute approximate surface area is 226 Å². The number of hydrogen-bond acceptors (Lipinski definition) is 7. The molecule has 2 aromatic heterocycles. The van der Waals surface area contributed by atoms with Gasteiger partial charge in [-0.05, 0) is 49.7 Å². The summed E-state index contributed by atoms with van der Waals surface area (Å²) in [6.07, 6.45) is 0.553. The Morgan fingerprint density at radius 3 is 2.41 bits per heavy atom. The van der Waals surface area contributed by atoms with Gasteiger partial charge in [0.25, 0.3) is 5.91 Å². The number of ether oxygens (including phenoxy) is 1. The molecule has 0 unspecified atom stereocenters. The molecule has 2 aromatic rings. The van der Waals surface area contributed by atoms with Gasteiger partial charge in [-0.3, -0.25) is 9.36 Å². The lowest BCUT2D eigenvalue weighted by Crippen LogP contribution is -2.34. The molecular weight excluding hydrogens is 535 g/mol. The number of hydrogen-bond donors (Lipinski definition) is 1. The molecule has 214 valence electrons. The van der Waals surface area contributed by atoms with Crippen LogP contribution in [0.1, 0.15) is 74.0 Å². The Hall–Kier alpha value is -3.14. The lowest BCUT2D eigenvalue weighted by molar-refractivity contribution is -0.211. The first-order chi connectivity index (χ1) is 18.1. The average Bonchev–Trinajstić information content (AvgIpc) is 3.24. The number of rotatable bonds is 9. The molecule has 0 saturated heterocycles. The summed E-state index contributed by atoms with van der Waals surface area (Å²) in [6, 6.07) is 3.46. The van der Waals surface area contributed by atoms with E-state index in [1.165, 1.54) is 30.2 Å². The van der Waals surface area contributed by atoms with Gasteiger partial charge < -0.3 is 10.1 Å². The zero-order valence-corrected chi connectivity index (χ0v) is 23.5. The molecule has 1 aliphatic carbocycles. The van der Waals surface area contributed by atoms with Crippen LogP contribution >= 0.6 is 0 Å². The summed E-state index contributed by atoms with van der Waals surface area (Å²) in [7, 11) is -1.74. The summed E-state index contributed by atoms with van der Waals surface area (Å²) in [5, 5.41) is 12.4. The number of imidazole rings is 1. The molecule has 0 aromatic carbocycles. The maximum Gasteiger partial charge on any atom is 0.394 e. The Morgan fingerprint density at radius 2 is 1.90 bits per heavy atom. The first-order valence-electron chi connectivity index (χ1n) is 12.7. The molecule has 1 N–H and O–H groups in total. The van der Waals surface area contributed by atoms with Crippen molar-refractivity contribution in [3.63, 3.8) is 0 Å². The van der Waals surface area contributed by atoms with Crippen molar-refractivity contribution in [1.82, 2.24) is 19.9 Å². The Bertz CT molecular complexity index is 1350. The number of aromatic nitrogens is 3. The minimum absolute atomic E-state index is 0.0701. The number of nitrogens with zero attached hydrogens (tertiary/aromatic N) is 4. The lowest BCUT2D eigenvalue weighted by atomic mass is 9.85. The van der Waals surface area contributed by atoms with Gasteiger partial charge in [-0.2, -0.15) is 18.4 Å². The zero-order chi connectivity index (χ0) is 29.2. The number of aryl methyl sites for hydroxylation is 1. The van der Waals surface area contributed by atoms with Crippen molar-refractivity contribution in [2.45, 2.75) is 70.7 Å². The second kappa shape index (κ2) is 11.5. The van der Waals surface area contributed by atoms with Crippen molar-refractivity contribution in [2.75, 3.05) is 19.9 Å². The van der Waals surface area contributed by atoms with E-state index in [9.17, 15) is 31.6 Å². The highest BCUT2D eigenvalue weighted by molar-refractivity contribution is 7.91. The molecule has 1 aliphatic rings. The number of nitriles is 1. The van der Waals surface area contributed by atoms with Gasteiger partial charge in [-0.25, -0.2) is 18.4 Å². The van der Waals surface area contributed by atoms with Crippen molar-refractivity contribution in [3.05, 3.63) is 35.0 Å². The SMILES string of the molecule is CCc1nc(C(=O)NC[C@H]2CC[C@H](S(C)(=O)=O)CC2)c(C#N)n1-c1ncc(CC(C)(C)C(F)(F)F)cc1OC. The summed E-state index contributed by atoms with van der Waals surface area (Å²) < 4.78 is 70.6. The molecular formula is C26H34F3N5O4S. The summed E-state index contributed by atoms with van der Waals surface area (Å²) in [6.45, 7) is 4.32. The monoisotopic (exact) mass is 569 g/mol. The van der Waals surface area contributed by atoms with Gasteiger partial charge in [0, 0.05) is 25.4 Å². The molecule has 39 heavy (non-hydrogen) atoms. The smallest absolute Gasteiger partial charge is 0.394 e. The minimum atomic E-state index is -4.41. The van der Waals surface area contributed by atoms with Crippen molar-refractivity contribution >= 4 is 15.7 Å². The molecule has 0 radical (unpaired) electrons. The molecule has 3 rings (SSSR count). The van der Waals surface area contributed by atoms with Gasteiger partial charge in [-0.1, -0.05) is 20.8 Å². The quantitative estimate of drug-likeness (QED) is 0.480. The summed E-state index contributed by atoms with van der Waals surface area (Å²) in [4.78, 5) is 21.8. The van der Waals surface area contributed by atoms with Crippen molar-refractivity contribution in [1.29, 1.82) is 5.26 Å². The topological polar surface area (TPSA) is 127 Å². The maximum atomic E-state index is 13.4. The van der Waals surface area contributed by atoms with Crippen LogP contribution in [-0.2, 0) is 22.7 Å². The third-order valence-electron chi connectivity index (χ3n) is 7.27. The first-order valence-corrected chi connectivity index (χ1v) is 14.7. The Kier molecular flexibility index (Phi) is 8.99. The summed E-state index contributed by atoms with van der Waals surface area (Å²) in [5.41, 5.74) is -1.85. The predicted molar refractivity (Wildman–Crippen MR) is 138 cm³/mol. The average molecular weight is 570 g/mol. The van der Waals surface area contributed by atoms with Crippen molar-refractivity contribution in [2.24, 2.45) is 11.3 Å². The standard InChI is InChI=1S/C26H34F3N5O4S/c1-6-21-33-22(24(35)32-14-16-7-9-18(10-8-16)39(5,36)37)19(13-30)34(21)23-20(38-4)11-17(15-31-23)12-25(2,3)26(27,28)29/h11,15-16,18H,6-10,12,14H2,1-5H3,(H,32,35)/t16-,18-. The number of amides is 1. The fourth-order valence-electron chi connectivity index (χ4n) is 4.78. The van der Waals surface area contributed by atoms with Crippen LogP contribution in [0.25, 0.3) is 5.82 Å². The second-order valence-electron chi connectivity index (χ2n) is 10.6. The van der Waals surface area contributed by atoms with Gasteiger partial charge in [0.15, 0.2) is 23.0 Å². The van der Waals surface area contributed by atoms with E-state index in [-0.39, 0.29) is 40.5 Å². The first kappa shape index (κ1) is 30.4. The molecule has 13 heteroatoms.